The molecule has 0 aromatic heterocycles. The molecule has 0 bridgehead atoms. The third kappa shape index (κ3) is 2.46. The van der Waals surface area contributed by atoms with Crippen LogP contribution in [-0.4, -0.2) is 12.5 Å². The summed E-state index contributed by atoms with van der Waals surface area (Å²) in [5.74, 6) is 0. The van der Waals surface area contributed by atoms with Crippen LogP contribution in [0.4, 0.5) is 5.69 Å². The van der Waals surface area contributed by atoms with Gasteiger partial charge in [0.05, 0.1) is 5.69 Å². The topological polar surface area (TPSA) is 12.4 Å². The molecule has 0 spiro atoms. The van der Waals surface area contributed by atoms with Crippen molar-refractivity contribution in [1.29, 1.82) is 0 Å². The summed E-state index contributed by atoms with van der Waals surface area (Å²) in [6, 6.07) is 8.21. The lowest BCUT2D eigenvalue weighted by atomic mass is 10.2. The standard InChI is InChI=1S/C9H13NS/c1-8-6-4-5-7-9(8)10-11(2)3/h4-7H,1-3H3. The summed E-state index contributed by atoms with van der Waals surface area (Å²) in [4.78, 5) is 0. The highest BCUT2D eigenvalue weighted by Crippen LogP contribution is 2.17. The second-order valence-corrected chi connectivity index (χ2v) is 4.38. The quantitative estimate of drug-likeness (QED) is 0.610. The number of rotatable bonds is 1. The fourth-order valence-electron chi connectivity index (χ4n) is 0.863. The van der Waals surface area contributed by atoms with Gasteiger partial charge in [0.2, 0.25) is 0 Å². The highest BCUT2D eigenvalue weighted by Gasteiger charge is 1.91. The van der Waals surface area contributed by atoms with Crippen LogP contribution in [0.5, 0.6) is 0 Å². The number of nitrogens with zero attached hydrogens (tertiary/aromatic N) is 1. The number of hydrogen-bond donors (Lipinski definition) is 0. The molecule has 0 aliphatic heterocycles. The van der Waals surface area contributed by atoms with E-state index < -0.39 is 0 Å². The molecule has 2 heteroatoms. The van der Waals surface area contributed by atoms with Crippen molar-refractivity contribution in [3.05, 3.63) is 29.8 Å². The zero-order valence-corrected chi connectivity index (χ0v) is 7.98. The Bertz CT molecular complexity index is 275. The second kappa shape index (κ2) is 3.67. The van der Waals surface area contributed by atoms with Gasteiger partial charge >= 0.3 is 0 Å². The van der Waals surface area contributed by atoms with Crippen LogP contribution in [-0.2, 0) is 10.7 Å². The first kappa shape index (κ1) is 8.47. The molecule has 11 heavy (non-hydrogen) atoms. The number of hydrogen-bond acceptors (Lipinski definition) is 1. The molecule has 1 aromatic rings. The van der Waals surface area contributed by atoms with E-state index in [9.17, 15) is 0 Å². The van der Waals surface area contributed by atoms with Crippen molar-refractivity contribution in [2.45, 2.75) is 6.92 Å². The van der Waals surface area contributed by atoms with E-state index >= 15 is 0 Å². The van der Waals surface area contributed by atoms with Crippen LogP contribution in [0, 0.1) is 6.92 Å². The van der Waals surface area contributed by atoms with Gasteiger partial charge in [0.1, 0.15) is 0 Å². The predicted molar refractivity (Wildman–Crippen MR) is 52.5 cm³/mol. The van der Waals surface area contributed by atoms with Crippen molar-refractivity contribution in [2.75, 3.05) is 12.5 Å². The van der Waals surface area contributed by atoms with Gasteiger partial charge in [-0.25, -0.2) is 4.36 Å². The molecule has 0 atom stereocenters. The van der Waals surface area contributed by atoms with Crippen LogP contribution in [0.3, 0.4) is 0 Å². The Hall–Kier alpha value is -0.630. The molecule has 0 fully saturated rings. The Morgan fingerprint density at radius 2 is 1.82 bits per heavy atom. The summed E-state index contributed by atoms with van der Waals surface area (Å²) >= 11 is 0. The third-order valence-corrected chi connectivity index (χ3v) is 1.96. The lowest BCUT2D eigenvalue weighted by molar-refractivity contribution is 1.42. The van der Waals surface area contributed by atoms with Gasteiger partial charge in [-0.3, -0.25) is 0 Å². The molecule has 1 aromatic carbocycles. The van der Waals surface area contributed by atoms with Crippen molar-refractivity contribution in [1.82, 2.24) is 0 Å². The Morgan fingerprint density at radius 1 is 1.18 bits per heavy atom. The maximum atomic E-state index is 4.49. The largest absolute Gasteiger partial charge is 0.228 e. The van der Waals surface area contributed by atoms with Crippen molar-refractivity contribution < 1.29 is 0 Å². The Labute approximate surface area is 70.6 Å². The maximum absolute atomic E-state index is 4.49. The molecule has 0 aliphatic carbocycles. The van der Waals surface area contributed by atoms with E-state index in [1.807, 2.05) is 12.1 Å². The molecule has 0 heterocycles. The molecular weight excluding hydrogens is 154 g/mol. The molecule has 60 valence electrons. The average Bonchev–Trinajstić information content (AvgIpc) is 1.93. The van der Waals surface area contributed by atoms with E-state index in [0.29, 0.717) is 0 Å². The average molecular weight is 167 g/mol. The van der Waals surface area contributed by atoms with E-state index in [1.165, 1.54) is 5.56 Å². The minimum absolute atomic E-state index is 0.148. The van der Waals surface area contributed by atoms with Crippen LogP contribution in [0.25, 0.3) is 0 Å². The van der Waals surface area contributed by atoms with Gasteiger partial charge in [-0.1, -0.05) is 18.2 Å². The highest BCUT2D eigenvalue weighted by molar-refractivity contribution is 7.85. The fraction of sp³-hybridized carbons (Fsp3) is 0.333. The smallest absolute Gasteiger partial charge is 0.0732 e. The van der Waals surface area contributed by atoms with E-state index in [0.717, 1.165) is 5.69 Å². The maximum Gasteiger partial charge on any atom is 0.0732 e. The molecule has 0 amide bonds. The second-order valence-electron chi connectivity index (χ2n) is 2.65. The number of benzene rings is 1. The zero-order valence-electron chi connectivity index (χ0n) is 7.16. The molecule has 0 saturated carbocycles. The first-order chi connectivity index (χ1) is 5.20. The van der Waals surface area contributed by atoms with Crippen LogP contribution in [0.15, 0.2) is 28.6 Å². The van der Waals surface area contributed by atoms with Gasteiger partial charge in [0.15, 0.2) is 0 Å². The van der Waals surface area contributed by atoms with Crippen LogP contribution >= 0.6 is 0 Å². The Kier molecular flexibility index (Phi) is 2.83. The first-order valence-electron chi connectivity index (χ1n) is 3.55. The summed E-state index contributed by atoms with van der Waals surface area (Å²) in [6.07, 6.45) is 4.24. The zero-order chi connectivity index (χ0) is 8.27. The molecular formula is C9H13NS. The van der Waals surface area contributed by atoms with Crippen LogP contribution in [0.2, 0.25) is 0 Å². The molecule has 0 radical (unpaired) electrons. The van der Waals surface area contributed by atoms with Gasteiger partial charge in [0.25, 0.3) is 0 Å². The lowest BCUT2D eigenvalue weighted by Crippen LogP contribution is -1.78. The normalized spacial score (nSPS) is 10.2. The van der Waals surface area contributed by atoms with E-state index in [1.54, 1.807) is 0 Å². The third-order valence-electron chi connectivity index (χ3n) is 1.40. The molecule has 0 unspecified atom stereocenters. The summed E-state index contributed by atoms with van der Waals surface area (Å²) in [7, 11) is 0.148. The SMILES string of the molecule is Cc1ccccc1N=S(C)C. The number of aryl methyl sites for hydroxylation is 1. The van der Waals surface area contributed by atoms with Crippen molar-refractivity contribution in [3.63, 3.8) is 0 Å². The highest BCUT2D eigenvalue weighted by atomic mass is 32.2. The Balaban J connectivity index is 3.04. The predicted octanol–water partition coefficient (Wildman–Crippen LogP) is 2.69. The van der Waals surface area contributed by atoms with Crippen molar-refractivity contribution in [3.8, 4) is 0 Å². The first-order valence-corrected chi connectivity index (χ1v) is 5.55. The summed E-state index contributed by atoms with van der Waals surface area (Å²) in [5, 5.41) is 0. The van der Waals surface area contributed by atoms with Crippen molar-refractivity contribution in [2.24, 2.45) is 4.36 Å². The van der Waals surface area contributed by atoms with Gasteiger partial charge in [-0.05, 0) is 31.1 Å². The minimum Gasteiger partial charge on any atom is -0.228 e. The lowest BCUT2D eigenvalue weighted by Gasteiger charge is -1.98. The molecule has 0 saturated heterocycles. The molecule has 1 nitrogen and oxygen atoms in total. The summed E-state index contributed by atoms with van der Waals surface area (Å²) in [5.41, 5.74) is 2.38. The Morgan fingerprint density at radius 3 is 2.36 bits per heavy atom. The van der Waals surface area contributed by atoms with E-state index in [4.69, 9.17) is 0 Å². The summed E-state index contributed by atoms with van der Waals surface area (Å²) < 4.78 is 4.49. The summed E-state index contributed by atoms with van der Waals surface area (Å²) in [6.45, 7) is 2.09. The van der Waals surface area contributed by atoms with Crippen LogP contribution < -0.4 is 0 Å². The monoisotopic (exact) mass is 167 g/mol. The van der Waals surface area contributed by atoms with E-state index in [2.05, 4.69) is 35.9 Å². The van der Waals surface area contributed by atoms with Gasteiger partial charge < -0.3 is 0 Å². The van der Waals surface area contributed by atoms with Gasteiger partial charge in [-0.2, -0.15) is 0 Å². The fourth-order valence-corrected chi connectivity index (χ4v) is 1.46. The van der Waals surface area contributed by atoms with E-state index in [-0.39, 0.29) is 10.7 Å². The molecule has 0 N–H and O–H groups in total. The molecule has 0 aliphatic rings. The van der Waals surface area contributed by atoms with Crippen molar-refractivity contribution >= 4 is 16.4 Å². The molecule has 1 rings (SSSR count). The van der Waals surface area contributed by atoms with Crippen LogP contribution in [0.1, 0.15) is 5.56 Å². The van der Waals surface area contributed by atoms with Gasteiger partial charge in [0, 0.05) is 0 Å². The minimum atomic E-state index is 0.148. The van der Waals surface area contributed by atoms with Gasteiger partial charge in [-0.15, -0.1) is 10.7 Å².